The van der Waals surface area contributed by atoms with Crippen LogP contribution in [0.4, 0.5) is 4.39 Å². The third kappa shape index (κ3) is 6.51. The van der Waals surface area contributed by atoms with Crippen LogP contribution in [0.15, 0.2) is 101 Å². The van der Waals surface area contributed by atoms with Crippen molar-refractivity contribution in [2.75, 3.05) is 20.0 Å². The summed E-state index contributed by atoms with van der Waals surface area (Å²) in [6.07, 6.45) is 0.510. The van der Waals surface area contributed by atoms with Crippen molar-refractivity contribution < 1.29 is 23.5 Å². The van der Waals surface area contributed by atoms with Crippen LogP contribution in [0.1, 0.15) is 39.1 Å². The molecular weight excluding hydrogens is 628 g/mol. The van der Waals surface area contributed by atoms with Crippen molar-refractivity contribution in [2.24, 2.45) is 5.10 Å². The number of thiophene rings is 1. The van der Waals surface area contributed by atoms with E-state index in [1.54, 1.807) is 30.1 Å². The topological polar surface area (TPSA) is 111 Å². The van der Waals surface area contributed by atoms with E-state index < -0.39 is 17.8 Å². The van der Waals surface area contributed by atoms with Crippen molar-refractivity contribution in [3.05, 3.63) is 118 Å². The first-order chi connectivity index (χ1) is 22.5. The molecule has 46 heavy (non-hydrogen) atoms. The number of nitrogens with one attached hydrogen (secondary N) is 1. The molecule has 0 unspecified atom stereocenters. The smallest absolute Gasteiger partial charge is 0.253 e. The molecule has 0 radical (unpaired) electrons. The number of rotatable bonds is 11. The van der Waals surface area contributed by atoms with Gasteiger partial charge in [-0.25, -0.2) is 9.40 Å². The maximum absolute atomic E-state index is 13.9. The van der Waals surface area contributed by atoms with Gasteiger partial charge in [-0.15, -0.1) is 21.5 Å². The van der Waals surface area contributed by atoms with Gasteiger partial charge in [0.15, 0.2) is 22.5 Å². The van der Waals surface area contributed by atoms with Crippen molar-refractivity contribution >= 4 is 40.6 Å². The number of amides is 2. The van der Waals surface area contributed by atoms with Gasteiger partial charge in [0, 0.05) is 23.2 Å². The van der Waals surface area contributed by atoms with Crippen molar-refractivity contribution in [2.45, 2.75) is 24.2 Å². The average Bonchev–Trinajstić information content (AvgIpc) is 3.86. The van der Waals surface area contributed by atoms with Gasteiger partial charge >= 0.3 is 0 Å². The van der Waals surface area contributed by atoms with Crippen LogP contribution in [0.25, 0.3) is 5.69 Å². The highest BCUT2D eigenvalue weighted by atomic mass is 32.2. The van der Waals surface area contributed by atoms with Crippen LogP contribution in [0, 0.1) is 5.82 Å². The second kappa shape index (κ2) is 14.0. The van der Waals surface area contributed by atoms with Crippen molar-refractivity contribution in [3.8, 4) is 17.2 Å². The summed E-state index contributed by atoms with van der Waals surface area (Å²) in [7, 11) is 3.15. The number of benzene rings is 3. The zero-order chi connectivity index (χ0) is 32.0. The quantitative estimate of drug-likeness (QED) is 0.177. The first-order valence-electron chi connectivity index (χ1n) is 14.3. The molecule has 1 atom stereocenters. The molecule has 1 N–H and O–H groups in total. The van der Waals surface area contributed by atoms with Gasteiger partial charge in [0.2, 0.25) is 0 Å². The van der Waals surface area contributed by atoms with E-state index in [-0.39, 0.29) is 23.8 Å². The molecule has 0 bridgehead atoms. The fraction of sp³-hybridized carbons (Fsp3) is 0.182. The second-order valence-electron chi connectivity index (χ2n) is 10.1. The Hall–Kier alpha value is -5.01. The minimum atomic E-state index is -0.500. The molecule has 5 aromatic rings. The Morgan fingerprint density at radius 2 is 1.83 bits per heavy atom. The lowest BCUT2D eigenvalue weighted by Crippen LogP contribution is -2.29. The molecule has 234 valence electrons. The third-order valence-corrected chi connectivity index (χ3v) is 9.13. The maximum atomic E-state index is 13.9. The maximum Gasteiger partial charge on any atom is 0.253 e. The summed E-state index contributed by atoms with van der Waals surface area (Å²) in [4.78, 5) is 27.6. The van der Waals surface area contributed by atoms with Gasteiger partial charge in [-0.2, -0.15) is 5.10 Å². The van der Waals surface area contributed by atoms with Crippen LogP contribution < -0.4 is 14.8 Å². The molecule has 1 aliphatic rings. The fourth-order valence-electron chi connectivity index (χ4n) is 5.18. The Morgan fingerprint density at radius 3 is 2.57 bits per heavy atom. The number of carbonyl (C=O) groups excluding carboxylic acids is 2. The van der Waals surface area contributed by atoms with E-state index in [2.05, 4.69) is 15.5 Å². The van der Waals surface area contributed by atoms with E-state index in [4.69, 9.17) is 14.6 Å². The number of methoxy groups -OCH3 is 2. The number of para-hydroxylation sites is 2. The normalized spacial score (nSPS) is 14.2. The van der Waals surface area contributed by atoms with Gasteiger partial charge in [-0.05, 0) is 47.8 Å². The Labute approximate surface area is 272 Å². The SMILES string of the molecule is COc1cccc([C@@H]2CC(c3cccs3)=NN2C(=O)CSc2nnc(CNC(=O)c3cccc(F)c3)n2-c2ccccc2)c1OC. The molecular formula is C33H29FN6O4S2. The van der Waals surface area contributed by atoms with Gasteiger partial charge < -0.3 is 14.8 Å². The number of hydrogen-bond donors (Lipinski definition) is 1. The molecule has 10 nitrogen and oxygen atoms in total. The number of ether oxygens (including phenoxy) is 2. The predicted molar refractivity (Wildman–Crippen MR) is 174 cm³/mol. The second-order valence-corrected chi connectivity index (χ2v) is 12.0. The van der Waals surface area contributed by atoms with Crippen LogP contribution in [-0.2, 0) is 11.3 Å². The third-order valence-electron chi connectivity index (χ3n) is 7.30. The monoisotopic (exact) mass is 656 g/mol. The number of hydrogen-bond acceptors (Lipinski definition) is 9. The Kier molecular flexibility index (Phi) is 9.41. The Balaban J connectivity index is 1.25. The Bertz CT molecular complexity index is 1880. The van der Waals surface area contributed by atoms with Crippen LogP contribution in [0.5, 0.6) is 11.5 Å². The molecule has 0 fully saturated rings. The number of nitrogens with zero attached hydrogens (tertiary/aromatic N) is 5. The summed E-state index contributed by atoms with van der Waals surface area (Å²) in [5.41, 5.74) is 2.56. The molecule has 6 rings (SSSR count). The first kappa shape index (κ1) is 31.0. The summed E-state index contributed by atoms with van der Waals surface area (Å²) >= 11 is 2.78. The van der Waals surface area contributed by atoms with Crippen molar-refractivity contribution in [3.63, 3.8) is 0 Å². The molecule has 0 saturated heterocycles. The van der Waals surface area contributed by atoms with Crippen LogP contribution in [0.3, 0.4) is 0 Å². The largest absolute Gasteiger partial charge is 0.493 e. The van der Waals surface area contributed by atoms with Crippen LogP contribution >= 0.6 is 23.1 Å². The molecule has 13 heteroatoms. The van der Waals surface area contributed by atoms with E-state index in [0.717, 1.165) is 21.8 Å². The summed E-state index contributed by atoms with van der Waals surface area (Å²) in [6, 6.07) is 24.0. The van der Waals surface area contributed by atoms with E-state index in [1.807, 2.05) is 66.0 Å². The molecule has 0 spiro atoms. The average molecular weight is 657 g/mol. The molecule has 0 saturated carbocycles. The molecule has 2 aromatic heterocycles. The predicted octanol–water partition coefficient (Wildman–Crippen LogP) is 5.89. The summed E-state index contributed by atoms with van der Waals surface area (Å²) in [5.74, 6) is 0.416. The lowest BCUT2D eigenvalue weighted by atomic mass is 9.99. The fourth-order valence-corrected chi connectivity index (χ4v) is 6.72. The van der Waals surface area contributed by atoms with E-state index in [0.29, 0.717) is 28.9 Å². The Morgan fingerprint density at radius 1 is 1.00 bits per heavy atom. The lowest BCUT2D eigenvalue weighted by Gasteiger charge is -2.24. The van der Waals surface area contributed by atoms with E-state index in [9.17, 15) is 14.0 Å². The van der Waals surface area contributed by atoms with Gasteiger partial charge in [0.05, 0.1) is 43.1 Å². The highest BCUT2D eigenvalue weighted by Gasteiger charge is 2.36. The van der Waals surface area contributed by atoms with Crippen LogP contribution in [0.2, 0.25) is 0 Å². The standard InChI is InChI=1S/C33H29FN6O4S2/c1-43-27-14-7-13-24(31(27)44-2)26-18-25(28-15-8-16-45-28)38-40(26)30(41)20-46-33-37-36-29(39(33)23-11-4-3-5-12-23)19-35-32(42)21-9-6-10-22(34)17-21/h3-17,26H,18-20H2,1-2H3,(H,35,42)/t26-/m0/s1. The minimum absolute atomic E-state index is 0.0185. The van der Waals surface area contributed by atoms with Crippen LogP contribution in [-0.4, -0.2) is 57.3 Å². The summed E-state index contributed by atoms with van der Waals surface area (Å²) in [5, 5.41) is 20.2. The highest BCUT2D eigenvalue weighted by Crippen LogP contribution is 2.42. The molecule has 3 aromatic carbocycles. The number of thioether (sulfide) groups is 1. The van der Waals surface area contributed by atoms with E-state index >= 15 is 0 Å². The van der Waals surface area contributed by atoms with Crippen molar-refractivity contribution in [1.82, 2.24) is 25.1 Å². The van der Waals surface area contributed by atoms with Gasteiger partial charge in [0.1, 0.15) is 5.82 Å². The van der Waals surface area contributed by atoms with Crippen molar-refractivity contribution in [1.29, 1.82) is 0 Å². The lowest BCUT2D eigenvalue weighted by molar-refractivity contribution is -0.130. The first-order valence-corrected chi connectivity index (χ1v) is 16.1. The van der Waals surface area contributed by atoms with E-state index in [1.165, 1.54) is 41.0 Å². The molecule has 2 amide bonds. The number of hydrazone groups is 1. The van der Waals surface area contributed by atoms with Gasteiger partial charge in [-0.1, -0.05) is 54.2 Å². The van der Waals surface area contributed by atoms with Gasteiger partial charge in [-0.3, -0.25) is 14.2 Å². The summed E-state index contributed by atoms with van der Waals surface area (Å²) < 4.78 is 26.7. The van der Waals surface area contributed by atoms with Gasteiger partial charge in [0.25, 0.3) is 11.8 Å². The zero-order valence-corrected chi connectivity index (χ0v) is 26.6. The molecule has 0 aliphatic carbocycles. The molecule has 1 aliphatic heterocycles. The number of halogens is 1. The molecule has 3 heterocycles. The number of aromatic nitrogens is 3. The highest BCUT2D eigenvalue weighted by molar-refractivity contribution is 7.99. The zero-order valence-electron chi connectivity index (χ0n) is 24.9. The number of carbonyl (C=O) groups is 2. The minimum Gasteiger partial charge on any atom is -0.493 e. The summed E-state index contributed by atoms with van der Waals surface area (Å²) in [6.45, 7) is 0.0318.